The predicted octanol–water partition coefficient (Wildman–Crippen LogP) is 6.50. The fourth-order valence-corrected chi connectivity index (χ4v) is 8.59. The fraction of sp³-hybridized carbons (Fsp3) is 0.733. The van der Waals surface area contributed by atoms with Gasteiger partial charge in [-0.2, -0.15) is 0 Å². The molecular formula is C30H44O4. The number of aliphatic hydroxyl groups excluding tert-OH is 1. The molecule has 0 spiro atoms. The molecule has 0 aromatic rings. The minimum absolute atomic E-state index is 0.0213. The van der Waals surface area contributed by atoms with Crippen molar-refractivity contribution in [3.63, 3.8) is 0 Å². The van der Waals surface area contributed by atoms with Gasteiger partial charge in [0.25, 0.3) is 0 Å². The number of rotatable bonds is 5. The number of carbonyl (C=O) groups excluding carboxylic acids is 1. The zero-order chi connectivity index (χ0) is 25.3. The second-order valence-electron chi connectivity index (χ2n) is 13.2. The minimum atomic E-state index is -1.03. The van der Waals surface area contributed by atoms with Crippen molar-refractivity contribution in [2.45, 2.75) is 99.5 Å². The Bertz CT molecular complexity index is 984. The zero-order valence-electron chi connectivity index (χ0n) is 22.2. The summed E-state index contributed by atoms with van der Waals surface area (Å²) in [6.45, 7) is 15.4. The molecule has 0 aromatic heterocycles. The Hall–Kier alpha value is -1.68. The van der Waals surface area contributed by atoms with E-state index in [0.29, 0.717) is 18.3 Å². The van der Waals surface area contributed by atoms with Crippen LogP contribution in [0.2, 0.25) is 0 Å². The van der Waals surface area contributed by atoms with E-state index in [-0.39, 0.29) is 45.0 Å². The molecule has 0 radical (unpaired) electrons. The number of allylic oxidation sites excluding steroid dienone is 5. The molecule has 4 nitrogen and oxygen atoms in total. The van der Waals surface area contributed by atoms with Gasteiger partial charge in [0.05, 0.1) is 6.10 Å². The molecule has 2 saturated carbocycles. The maximum Gasteiger partial charge on any atom is 0.331 e. The quantitative estimate of drug-likeness (QED) is 0.452. The number of carboxylic acid groups (broad SMARTS) is 1. The fourth-order valence-electron chi connectivity index (χ4n) is 8.59. The molecule has 2 N–H and O–H groups in total. The van der Waals surface area contributed by atoms with Crippen LogP contribution in [0.4, 0.5) is 0 Å². The van der Waals surface area contributed by atoms with Gasteiger partial charge < -0.3 is 10.2 Å². The third kappa shape index (κ3) is 3.50. The number of fused-ring (bicyclic) bond motifs is 5. The molecule has 4 rings (SSSR count). The van der Waals surface area contributed by atoms with Crippen LogP contribution in [0.1, 0.15) is 93.4 Å². The number of carboxylic acids is 1. The number of hydrogen-bond donors (Lipinski definition) is 2. The van der Waals surface area contributed by atoms with Gasteiger partial charge in [0.1, 0.15) is 0 Å². The second-order valence-corrected chi connectivity index (χ2v) is 13.2. The van der Waals surface area contributed by atoms with E-state index in [1.807, 2.05) is 0 Å². The summed E-state index contributed by atoms with van der Waals surface area (Å²) in [5, 5.41) is 19.9. The summed E-state index contributed by atoms with van der Waals surface area (Å²) in [6, 6.07) is 0. The third-order valence-corrected chi connectivity index (χ3v) is 11.4. The minimum Gasteiger partial charge on any atom is -0.478 e. The van der Waals surface area contributed by atoms with Crippen molar-refractivity contribution in [2.75, 3.05) is 0 Å². The molecule has 4 aliphatic carbocycles. The van der Waals surface area contributed by atoms with Crippen LogP contribution in [0.3, 0.4) is 0 Å². The summed E-state index contributed by atoms with van der Waals surface area (Å²) in [6.07, 6.45) is 12.7. The Morgan fingerprint density at radius 1 is 1.12 bits per heavy atom. The first-order chi connectivity index (χ1) is 15.7. The van der Waals surface area contributed by atoms with Crippen molar-refractivity contribution in [1.29, 1.82) is 0 Å². The predicted molar refractivity (Wildman–Crippen MR) is 135 cm³/mol. The van der Waals surface area contributed by atoms with Crippen LogP contribution < -0.4 is 0 Å². The molecule has 2 fully saturated rings. The van der Waals surface area contributed by atoms with Crippen molar-refractivity contribution in [3.8, 4) is 0 Å². The lowest BCUT2D eigenvalue weighted by Crippen LogP contribution is -2.56. The van der Waals surface area contributed by atoms with Crippen molar-refractivity contribution in [2.24, 2.45) is 39.4 Å². The molecule has 34 heavy (non-hydrogen) atoms. The van der Waals surface area contributed by atoms with Crippen LogP contribution >= 0.6 is 0 Å². The maximum atomic E-state index is 12.7. The summed E-state index contributed by atoms with van der Waals surface area (Å²) in [5.41, 5.74) is 3.30. The molecule has 0 bridgehead atoms. The summed E-state index contributed by atoms with van der Waals surface area (Å²) in [4.78, 5) is 23.8. The highest BCUT2D eigenvalue weighted by atomic mass is 16.4. The van der Waals surface area contributed by atoms with E-state index in [4.69, 9.17) is 5.11 Å². The lowest BCUT2D eigenvalue weighted by molar-refractivity contribution is -0.133. The first kappa shape index (κ1) is 25.4. The van der Waals surface area contributed by atoms with E-state index >= 15 is 0 Å². The van der Waals surface area contributed by atoms with E-state index in [9.17, 15) is 14.7 Å². The summed E-state index contributed by atoms with van der Waals surface area (Å²) in [5.74, 6) is 0.0737. The van der Waals surface area contributed by atoms with Gasteiger partial charge in [0, 0.05) is 12.0 Å². The van der Waals surface area contributed by atoms with Crippen LogP contribution in [0, 0.1) is 39.4 Å². The van der Waals surface area contributed by atoms with Gasteiger partial charge in [-0.25, -0.2) is 4.79 Å². The highest BCUT2D eigenvalue weighted by Gasteiger charge is 2.61. The Balaban J connectivity index is 1.61. The van der Waals surface area contributed by atoms with Crippen LogP contribution in [0.15, 0.2) is 34.9 Å². The third-order valence-electron chi connectivity index (χ3n) is 11.4. The average Bonchev–Trinajstić information content (AvgIpc) is 3.03. The largest absolute Gasteiger partial charge is 0.478 e. The normalized spacial score (nSPS) is 42.0. The second kappa shape index (κ2) is 8.18. The number of aliphatic hydroxyl groups is 1. The van der Waals surface area contributed by atoms with Crippen molar-refractivity contribution in [3.05, 3.63) is 34.9 Å². The SMILES string of the molecule is CC(=CC(=O)CC(C)C1(C)CC=C2C3=CCC4C(C)(C)C(O)CCC4(C)C3CCC21C)C(=O)O. The molecule has 188 valence electrons. The Kier molecular flexibility index (Phi) is 6.12. The Morgan fingerprint density at radius 2 is 1.79 bits per heavy atom. The van der Waals surface area contributed by atoms with E-state index < -0.39 is 5.97 Å². The van der Waals surface area contributed by atoms with E-state index in [0.717, 1.165) is 38.5 Å². The summed E-state index contributed by atoms with van der Waals surface area (Å²) < 4.78 is 0. The molecule has 7 unspecified atom stereocenters. The average molecular weight is 469 g/mol. The Labute approximate surface area is 205 Å². The van der Waals surface area contributed by atoms with Crippen molar-refractivity contribution < 1.29 is 19.8 Å². The molecule has 4 aliphatic rings. The number of carbonyl (C=O) groups is 2. The summed E-state index contributed by atoms with van der Waals surface area (Å²) >= 11 is 0. The molecule has 0 aliphatic heterocycles. The van der Waals surface area contributed by atoms with Gasteiger partial charge in [0.2, 0.25) is 0 Å². The van der Waals surface area contributed by atoms with Gasteiger partial charge in [-0.05, 0) is 102 Å². The van der Waals surface area contributed by atoms with Crippen LogP contribution in [-0.2, 0) is 9.59 Å². The molecule has 0 heterocycles. The molecule has 0 saturated heterocycles. The molecule has 0 aromatic carbocycles. The van der Waals surface area contributed by atoms with Gasteiger partial charge in [0.15, 0.2) is 5.78 Å². The van der Waals surface area contributed by atoms with Gasteiger partial charge in [-0.15, -0.1) is 0 Å². The lowest BCUT2D eigenvalue weighted by atomic mass is 9.43. The standard InChI is InChI=1S/C30H44O4/c1-18(26(33)34)16-20(31)17-19(2)29(6)14-11-23-21-8-9-24-27(3,4)25(32)12-13-28(24,5)22(21)10-15-30(23,29)7/h8,11,16,19,22,24-25,32H,9-10,12-15,17H2,1-7H3,(H,33,34). The van der Waals surface area contributed by atoms with E-state index in [1.54, 1.807) is 5.57 Å². The molecule has 4 heteroatoms. The van der Waals surface area contributed by atoms with Gasteiger partial charge in [-0.3, -0.25) is 4.79 Å². The van der Waals surface area contributed by atoms with Crippen molar-refractivity contribution in [1.82, 2.24) is 0 Å². The number of hydrogen-bond acceptors (Lipinski definition) is 3. The highest BCUT2D eigenvalue weighted by Crippen LogP contribution is 2.70. The summed E-state index contributed by atoms with van der Waals surface area (Å²) in [7, 11) is 0. The maximum absolute atomic E-state index is 12.7. The smallest absolute Gasteiger partial charge is 0.331 e. The number of aliphatic carboxylic acids is 1. The van der Waals surface area contributed by atoms with E-state index in [2.05, 4.69) is 53.7 Å². The van der Waals surface area contributed by atoms with Gasteiger partial charge in [-0.1, -0.05) is 53.7 Å². The highest BCUT2D eigenvalue weighted by molar-refractivity contribution is 5.98. The van der Waals surface area contributed by atoms with Crippen LogP contribution in [0.25, 0.3) is 0 Å². The molecule has 7 atom stereocenters. The molecular weight excluding hydrogens is 424 g/mol. The zero-order valence-corrected chi connectivity index (χ0v) is 22.2. The van der Waals surface area contributed by atoms with E-state index in [1.165, 1.54) is 18.6 Å². The van der Waals surface area contributed by atoms with Crippen LogP contribution in [0.5, 0.6) is 0 Å². The first-order valence-corrected chi connectivity index (χ1v) is 13.2. The Morgan fingerprint density at radius 3 is 2.44 bits per heavy atom. The van der Waals surface area contributed by atoms with Crippen LogP contribution in [-0.4, -0.2) is 28.1 Å². The van der Waals surface area contributed by atoms with Crippen molar-refractivity contribution >= 4 is 11.8 Å². The topological polar surface area (TPSA) is 74.6 Å². The molecule has 0 amide bonds. The lowest BCUT2D eigenvalue weighted by Gasteiger charge is -2.62. The monoisotopic (exact) mass is 468 g/mol. The first-order valence-electron chi connectivity index (χ1n) is 13.2. The number of ketones is 1. The van der Waals surface area contributed by atoms with Gasteiger partial charge >= 0.3 is 5.97 Å².